The van der Waals surface area contributed by atoms with Crippen molar-refractivity contribution in [1.82, 2.24) is 9.97 Å². The predicted molar refractivity (Wildman–Crippen MR) is 73.1 cm³/mol. The van der Waals surface area contributed by atoms with Crippen LogP contribution in [0.5, 0.6) is 0 Å². The lowest BCUT2D eigenvalue weighted by Gasteiger charge is -2.08. The first kappa shape index (κ1) is 14.5. The van der Waals surface area contributed by atoms with Crippen LogP contribution in [-0.4, -0.2) is 18.4 Å². The second-order valence-corrected chi connectivity index (χ2v) is 5.82. The fourth-order valence-electron chi connectivity index (χ4n) is 1.63. The first-order valence-corrected chi connectivity index (χ1v) is 7.49. The Morgan fingerprint density at radius 2 is 2.20 bits per heavy atom. The summed E-state index contributed by atoms with van der Waals surface area (Å²) in [4.78, 5) is 6.57. The average Bonchev–Trinajstić information content (AvgIpc) is 2.90. The molecule has 0 radical (unpaired) electrons. The number of hydrogen-bond donors (Lipinski definition) is 3. The lowest BCUT2D eigenvalue weighted by atomic mass is 10.2. The third-order valence-corrected chi connectivity index (χ3v) is 4.02. The monoisotopic (exact) mass is 298 g/mol. The Balaban J connectivity index is 2.28. The van der Waals surface area contributed by atoms with Crippen molar-refractivity contribution in [2.24, 2.45) is 5.73 Å². The zero-order valence-electron chi connectivity index (χ0n) is 10.9. The van der Waals surface area contributed by atoms with Crippen LogP contribution in [0.4, 0.5) is 10.1 Å². The van der Waals surface area contributed by atoms with Gasteiger partial charge in [-0.15, -0.1) is 0 Å². The summed E-state index contributed by atoms with van der Waals surface area (Å²) in [6.45, 7) is 2.03. The summed E-state index contributed by atoms with van der Waals surface area (Å²) < 4.78 is 40.1. The number of nitrogens with two attached hydrogens (primary N) is 1. The summed E-state index contributed by atoms with van der Waals surface area (Å²) in [5.74, 6) is -0.129. The van der Waals surface area contributed by atoms with Crippen molar-refractivity contribution in [3.8, 4) is 0 Å². The molecule has 1 aromatic heterocycles. The predicted octanol–water partition coefficient (Wildman–Crippen LogP) is 1.37. The summed E-state index contributed by atoms with van der Waals surface area (Å²) in [7, 11) is -3.88. The molecule has 0 unspecified atom stereocenters. The Labute approximate surface area is 116 Å². The van der Waals surface area contributed by atoms with E-state index in [1.54, 1.807) is 6.07 Å². The lowest BCUT2D eigenvalue weighted by Crippen LogP contribution is -2.14. The minimum atomic E-state index is -3.88. The summed E-state index contributed by atoms with van der Waals surface area (Å²) in [6.07, 6.45) is 1.78. The van der Waals surface area contributed by atoms with Gasteiger partial charge in [0.25, 0.3) is 10.0 Å². The third-order valence-electron chi connectivity index (χ3n) is 2.74. The van der Waals surface area contributed by atoms with Crippen molar-refractivity contribution >= 4 is 15.7 Å². The summed E-state index contributed by atoms with van der Waals surface area (Å²) in [5, 5.41) is -0.100. The summed E-state index contributed by atoms with van der Waals surface area (Å²) in [5.41, 5.74) is 5.84. The van der Waals surface area contributed by atoms with E-state index >= 15 is 0 Å². The Morgan fingerprint density at radius 3 is 2.75 bits per heavy atom. The number of nitrogens with zero attached hydrogens (tertiary/aromatic N) is 1. The van der Waals surface area contributed by atoms with Gasteiger partial charge in [0.15, 0.2) is 5.03 Å². The third kappa shape index (κ3) is 2.97. The van der Waals surface area contributed by atoms with Crippen LogP contribution in [0.25, 0.3) is 0 Å². The molecule has 0 saturated heterocycles. The highest BCUT2D eigenvalue weighted by Crippen LogP contribution is 2.19. The van der Waals surface area contributed by atoms with Crippen LogP contribution in [0, 0.1) is 5.82 Å². The molecule has 0 amide bonds. The number of H-pyrrole nitrogens is 1. The molecule has 4 N–H and O–H groups in total. The number of halogens is 1. The molecular weight excluding hydrogens is 283 g/mol. The Morgan fingerprint density at radius 1 is 1.45 bits per heavy atom. The number of aryl methyl sites for hydroxylation is 1. The molecule has 0 bridgehead atoms. The molecule has 0 aliphatic rings. The zero-order valence-corrected chi connectivity index (χ0v) is 11.7. The number of hydrogen-bond acceptors (Lipinski definition) is 4. The topological polar surface area (TPSA) is 101 Å². The fourth-order valence-corrected chi connectivity index (χ4v) is 2.64. The van der Waals surface area contributed by atoms with E-state index in [-0.39, 0.29) is 17.3 Å². The first-order chi connectivity index (χ1) is 9.46. The van der Waals surface area contributed by atoms with E-state index in [0.717, 1.165) is 0 Å². The molecule has 0 aliphatic heterocycles. The zero-order chi connectivity index (χ0) is 14.8. The molecule has 0 atom stereocenters. The molecule has 0 aliphatic carbocycles. The highest BCUT2D eigenvalue weighted by molar-refractivity contribution is 7.92. The van der Waals surface area contributed by atoms with Gasteiger partial charge in [-0.1, -0.05) is 13.0 Å². The smallest absolute Gasteiger partial charge is 0.279 e. The fraction of sp³-hybridized carbons (Fsp3) is 0.250. The Bertz CT molecular complexity index is 712. The largest absolute Gasteiger partial charge is 0.332 e. The van der Waals surface area contributed by atoms with Crippen molar-refractivity contribution in [3.63, 3.8) is 0 Å². The van der Waals surface area contributed by atoms with Gasteiger partial charge in [0, 0.05) is 13.0 Å². The van der Waals surface area contributed by atoms with Crippen molar-refractivity contribution in [3.05, 3.63) is 41.6 Å². The summed E-state index contributed by atoms with van der Waals surface area (Å²) >= 11 is 0. The minimum absolute atomic E-state index is 0.100. The van der Waals surface area contributed by atoms with Crippen LogP contribution < -0.4 is 10.5 Å². The first-order valence-electron chi connectivity index (χ1n) is 6.01. The molecule has 2 rings (SSSR count). The van der Waals surface area contributed by atoms with E-state index in [1.165, 1.54) is 18.3 Å². The second-order valence-electron chi connectivity index (χ2n) is 4.17. The molecule has 0 saturated carbocycles. The van der Waals surface area contributed by atoms with Gasteiger partial charge in [0.2, 0.25) is 0 Å². The molecule has 2 aromatic rings. The van der Waals surface area contributed by atoms with E-state index in [0.29, 0.717) is 17.8 Å². The van der Waals surface area contributed by atoms with Crippen LogP contribution >= 0.6 is 0 Å². The van der Waals surface area contributed by atoms with Gasteiger partial charge in [-0.05, 0) is 17.7 Å². The number of aromatic nitrogens is 2. The molecule has 6 nitrogen and oxygen atoms in total. The quantitative estimate of drug-likeness (QED) is 0.776. The Kier molecular flexibility index (Phi) is 4.05. The standard InChI is InChI=1S/C12H15FN4O2S/c1-2-11-15-7-12(16-11)20(18,19)17-10-4-3-8(6-14)5-9(10)13/h3-5,7,17H,2,6,14H2,1H3,(H,15,16). The molecule has 20 heavy (non-hydrogen) atoms. The van der Waals surface area contributed by atoms with E-state index in [2.05, 4.69) is 14.7 Å². The maximum Gasteiger partial charge on any atom is 0.279 e. The molecule has 1 aromatic carbocycles. The van der Waals surface area contributed by atoms with E-state index in [4.69, 9.17) is 5.73 Å². The number of benzene rings is 1. The number of anilines is 1. The lowest BCUT2D eigenvalue weighted by molar-refractivity contribution is 0.595. The minimum Gasteiger partial charge on any atom is -0.332 e. The molecule has 8 heteroatoms. The van der Waals surface area contributed by atoms with Crippen molar-refractivity contribution in [2.75, 3.05) is 4.72 Å². The normalized spacial score (nSPS) is 11.6. The van der Waals surface area contributed by atoms with Crippen molar-refractivity contribution < 1.29 is 12.8 Å². The molecular formula is C12H15FN4O2S. The molecule has 1 heterocycles. The van der Waals surface area contributed by atoms with Gasteiger partial charge < -0.3 is 10.7 Å². The van der Waals surface area contributed by atoms with Gasteiger partial charge in [-0.2, -0.15) is 8.42 Å². The Hall–Kier alpha value is -1.93. The van der Waals surface area contributed by atoms with Gasteiger partial charge in [-0.25, -0.2) is 9.37 Å². The summed E-state index contributed by atoms with van der Waals surface area (Å²) in [6, 6.07) is 4.10. The van der Waals surface area contributed by atoms with Gasteiger partial charge in [0.05, 0.1) is 11.9 Å². The number of sulfonamides is 1. The average molecular weight is 298 g/mol. The van der Waals surface area contributed by atoms with Crippen LogP contribution in [0.2, 0.25) is 0 Å². The van der Waals surface area contributed by atoms with Crippen molar-refractivity contribution in [1.29, 1.82) is 0 Å². The number of rotatable bonds is 5. The highest BCUT2D eigenvalue weighted by Gasteiger charge is 2.18. The molecule has 108 valence electrons. The molecule has 0 spiro atoms. The maximum atomic E-state index is 13.7. The second kappa shape index (κ2) is 5.59. The maximum absolute atomic E-state index is 13.7. The van der Waals surface area contributed by atoms with E-state index < -0.39 is 15.8 Å². The van der Waals surface area contributed by atoms with Crippen molar-refractivity contribution in [2.45, 2.75) is 24.9 Å². The van der Waals surface area contributed by atoms with Crippen LogP contribution in [0.1, 0.15) is 18.3 Å². The van der Waals surface area contributed by atoms with Gasteiger partial charge in [0.1, 0.15) is 11.6 Å². The van der Waals surface area contributed by atoms with Crippen LogP contribution in [0.15, 0.2) is 29.4 Å². The van der Waals surface area contributed by atoms with Gasteiger partial charge in [-0.3, -0.25) is 4.72 Å². The number of imidazole rings is 1. The molecule has 0 fully saturated rings. The van der Waals surface area contributed by atoms with Gasteiger partial charge >= 0.3 is 0 Å². The SMILES string of the molecule is CCc1ncc(S(=O)(=O)Nc2ccc(CN)cc2F)[nH]1. The highest BCUT2D eigenvalue weighted by atomic mass is 32.2. The van der Waals surface area contributed by atoms with Crippen LogP contribution in [-0.2, 0) is 23.0 Å². The number of aromatic amines is 1. The van der Waals surface area contributed by atoms with E-state index in [1.807, 2.05) is 6.92 Å². The van der Waals surface area contributed by atoms with E-state index in [9.17, 15) is 12.8 Å². The number of nitrogens with one attached hydrogen (secondary N) is 2. The van der Waals surface area contributed by atoms with Crippen LogP contribution in [0.3, 0.4) is 0 Å².